The smallest absolute Gasteiger partial charge is 0.100 e. The van der Waals surface area contributed by atoms with Crippen LogP contribution in [0.5, 0.6) is 0 Å². The van der Waals surface area contributed by atoms with Gasteiger partial charge in [-0.05, 0) is 13.8 Å². The van der Waals surface area contributed by atoms with Crippen LogP contribution in [0.15, 0.2) is 0 Å². The average molecular weight is 184 g/mol. The first-order chi connectivity index (χ1) is 5.54. The maximum Gasteiger partial charge on any atom is 0.100 e. The van der Waals surface area contributed by atoms with E-state index in [-0.39, 0.29) is 19.3 Å². The maximum absolute atomic E-state index is 8.17. The predicted octanol–water partition coefficient (Wildman–Crippen LogP) is -1.67. The maximum atomic E-state index is 8.17. The van der Waals surface area contributed by atoms with Crippen LogP contribution in [-0.2, 0) is 0 Å². The minimum absolute atomic E-state index is 0.167. The Morgan fingerprint density at radius 3 is 1.08 bits per heavy atom. The van der Waals surface area contributed by atoms with Crippen LogP contribution in [0, 0.1) is 0 Å². The second-order valence-corrected chi connectivity index (χ2v) is 2.11. The summed E-state index contributed by atoms with van der Waals surface area (Å²) in [6, 6.07) is 0. The fourth-order valence-corrected chi connectivity index (χ4v) is 0.0577. The van der Waals surface area contributed by atoms with E-state index in [9.17, 15) is 0 Å². The van der Waals surface area contributed by atoms with Gasteiger partial charge in [-0.25, -0.2) is 0 Å². The van der Waals surface area contributed by atoms with Gasteiger partial charge in [0.15, 0.2) is 0 Å². The van der Waals surface area contributed by atoms with E-state index < -0.39 is 6.10 Å². The Kier molecular flexibility index (Phi) is 25.3. The molecule has 0 rings (SSSR count). The highest BCUT2D eigenvalue weighted by Gasteiger charge is 1.93. The molecule has 5 heteroatoms. The molecular weight excluding hydrogens is 164 g/mol. The van der Waals surface area contributed by atoms with Gasteiger partial charge >= 0.3 is 0 Å². The zero-order valence-electron chi connectivity index (χ0n) is 7.80. The van der Waals surface area contributed by atoms with Crippen molar-refractivity contribution in [3.05, 3.63) is 0 Å². The number of rotatable bonds is 2. The molecule has 0 aliphatic carbocycles. The Morgan fingerprint density at radius 1 is 0.917 bits per heavy atom. The second kappa shape index (κ2) is 17.0. The van der Waals surface area contributed by atoms with Gasteiger partial charge in [0.25, 0.3) is 0 Å². The number of aliphatic hydroxyl groups excluding tert-OH is 5. The first kappa shape index (κ1) is 17.8. The highest BCUT2D eigenvalue weighted by atomic mass is 16.3. The third kappa shape index (κ3) is 52.6. The Balaban J connectivity index is -0.000000118. The van der Waals surface area contributed by atoms with Crippen LogP contribution < -0.4 is 0 Å². The van der Waals surface area contributed by atoms with E-state index in [0.29, 0.717) is 0 Å². The highest BCUT2D eigenvalue weighted by Crippen LogP contribution is 1.71. The van der Waals surface area contributed by atoms with Crippen LogP contribution in [0.2, 0.25) is 0 Å². The van der Waals surface area contributed by atoms with Crippen molar-refractivity contribution in [3.8, 4) is 0 Å². The molecule has 0 bridgehead atoms. The summed E-state index contributed by atoms with van der Waals surface area (Å²) >= 11 is 0. The van der Waals surface area contributed by atoms with Crippen molar-refractivity contribution in [2.45, 2.75) is 26.1 Å². The molecule has 78 valence electrons. The number of hydrogen-bond acceptors (Lipinski definition) is 5. The molecule has 12 heavy (non-hydrogen) atoms. The topological polar surface area (TPSA) is 101 Å². The van der Waals surface area contributed by atoms with Crippen LogP contribution in [0.3, 0.4) is 0 Å². The Labute approximate surface area is 72.9 Å². The summed E-state index contributed by atoms with van der Waals surface area (Å²) in [5, 5.41) is 39.1. The van der Waals surface area contributed by atoms with Crippen molar-refractivity contribution in [1.82, 2.24) is 0 Å². The van der Waals surface area contributed by atoms with Gasteiger partial charge in [-0.3, -0.25) is 0 Å². The van der Waals surface area contributed by atoms with Crippen LogP contribution in [0.4, 0.5) is 0 Å². The third-order valence-electron chi connectivity index (χ3n) is 0.421. The van der Waals surface area contributed by atoms with E-state index in [0.717, 1.165) is 7.11 Å². The average Bonchev–Trinajstić information content (AvgIpc) is 2.06. The van der Waals surface area contributed by atoms with Gasteiger partial charge in [0.05, 0.1) is 13.2 Å². The summed E-state index contributed by atoms with van der Waals surface area (Å²) in [5.41, 5.74) is 0. The normalized spacial score (nSPS) is 8.50. The summed E-state index contributed by atoms with van der Waals surface area (Å²) in [6.07, 6.45) is -1.12. The van der Waals surface area contributed by atoms with Gasteiger partial charge in [0, 0.05) is 13.2 Å². The summed E-state index contributed by atoms with van der Waals surface area (Å²) in [6.45, 7) is 2.72. The molecule has 0 aliphatic heterocycles. The summed E-state index contributed by atoms with van der Waals surface area (Å²) in [7, 11) is 1.00. The van der Waals surface area contributed by atoms with Crippen molar-refractivity contribution >= 4 is 0 Å². The summed E-state index contributed by atoms with van der Waals surface area (Å²) in [5.74, 6) is 0. The second-order valence-electron chi connectivity index (χ2n) is 2.11. The molecule has 0 aromatic rings. The molecule has 0 amide bonds. The standard InChI is InChI=1S/C3H8O3.C3H8O.CH4O/c4-1-3(6)2-5;1-3(2)4;1-2/h3-6H,1-2H2;3-4H,1-2H3;2H,1H3. The molecule has 5 N–H and O–H groups in total. The lowest BCUT2D eigenvalue weighted by Crippen LogP contribution is -2.15. The van der Waals surface area contributed by atoms with Gasteiger partial charge in [0.1, 0.15) is 6.10 Å². The summed E-state index contributed by atoms with van der Waals surface area (Å²) < 4.78 is 0. The fourth-order valence-electron chi connectivity index (χ4n) is 0.0577. The van der Waals surface area contributed by atoms with E-state index in [2.05, 4.69) is 0 Å². The fraction of sp³-hybridized carbons (Fsp3) is 1.00. The van der Waals surface area contributed by atoms with E-state index in [1.165, 1.54) is 0 Å². The largest absolute Gasteiger partial charge is 0.400 e. The van der Waals surface area contributed by atoms with E-state index >= 15 is 0 Å². The molecule has 0 fully saturated rings. The van der Waals surface area contributed by atoms with Gasteiger partial charge in [0.2, 0.25) is 0 Å². The molecule has 0 saturated carbocycles. The molecule has 0 saturated heterocycles. The van der Waals surface area contributed by atoms with Gasteiger partial charge in [-0.1, -0.05) is 0 Å². The zero-order valence-corrected chi connectivity index (χ0v) is 7.80. The van der Waals surface area contributed by atoms with Crippen molar-refractivity contribution in [3.63, 3.8) is 0 Å². The van der Waals surface area contributed by atoms with Gasteiger partial charge < -0.3 is 25.5 Å². The molecule has 0 aromatic carbocycles. The lowest BCUT2D eigenvalue weighted by molar-refractivity contribution is 0.0450. The van der Waals surface area contributed by atoms with Gasteiger partial charge in [-0.15, -0.1) is 0 Å². The van der Waals surface area contributed by atoms with E-state index in [1.54, 1.807) is 13.8 Å². The molecule has 0 aromatic heterocycles. The summed E-state index contributed by atoms with van der Waals surface area (Å²) in [4.78, 5) is 0. The van der Waals surface area contributed by atoms with Crippen molar-refractivity contribution in [1.29, 1.82) is 0 Å². The Bertz CT molecular complexity index is 51.0. The van der Waals surface area contributed by atoms with E-state index in [4.69, 9.17) is 25.5 Å². The minimum Gasteiger partial charge on any atom is -0.400 e. The van der Waals surface area contributed by atoms with Crippen LogP contribution >= 0.6 is 0 Å². The van der Waals surface area contributed by atoms with Crippen molar-refractivity contribution in [2.24, 2.45) is 0 Å². The molecule has 0 unspecified atom stereocenters. The SMILES string of the molecule is CC(C)O.CO.OCC(O)CO. The third-order valence-corrected chi connectivity index (χ3v) is 0.421. The molecule has 0 heterocycles. The van der Waals surface area contributed by atoms with E-state index in [1.807, 2.05) is 0 Å². The Morgan fingerprint density at radius 2 is 1.08 bits per heavy atom. The number of hydrogen-bond donors (Lipinski definition) is 5. The quantitative estimate of drug-likeness (QED) is 0.353. The van der Waals surface area contributed by atoms with Crippen molar-refractivity contribution < 1.29 is 25.5 Å². The lowest BCUT2D eigenvalue weighted by atomic mass is 10.4. The molecule has 0 radical (unpaired) electrons. The lowest BCUT2D eigenvalue weighted by Gasteiger charge is -1.96. The molecule has 0 atom stereocenters. The highest BCUT2D eigenvalue weighted by molar-refractivity contribution is 4.43. The number of aliphatic hydroxyl groups is 5. The van der Waals surface area contributed by atoms with Gasteiger partial charge in [-0.2, -0.15) is 0 Å². The first-order valence-corrected chi connectivity index (χ1v) is 3.57. The van der Waals surface area contributed by atoms with Crippen LogP contribution in [0.1, 0.15) is 13.8 Å². The minimum atomic E-state index is -0.954. The van der Waals surface area contributed by atoms with Crippen molar-refractivity contribution in [2.75, 3.05) is 20.3 Å². The molecular formula is C7H20O5. The predicted molar refractivity (Wildman–Crippen MR) is 45.7 cm³/mol. The monoisotopic (exact) mass is 184 g/mol. The molecule has 0 spiro atoms. The zero-order chi connectivity index (χ0) is 10.6. The first-order valence-electron chi connectivity index (χ1n) is 3.57. The molecule has 5 nitrogen and oxygen atoms in total. The Hall–Kier alpha value is -0.200. The molecule has 0 aliphatic rings. The van der Waals surface area contributed by atoms with Crippen LogP contribution in [-0.4, -0.2) is 58.1 Å². The van der Waals surface area contributed by atoms with Crippen LogP contribution in [0.25, 0.3) is 0 Å².